The number of nitrogens with one attached hydrogen (secondary N) is 1. The number of rotatable bonds is 7. The van der Waals surface area contributed by atoms with Gasteiger partial charge in [-0.05, 0) is 37.7 Å². The molecule has 1 aromatic carbocycles. The smallest absolute Gasteiger partial charge is 0.326 e. The molecule has 4 rings (SSSR count). The van der Waals surface area contributed by atoms with E-state index in [1.165, 1.54) is 7.11 Å². The van der Waals surface area contributed by atoms with Gasteiger partial charge in [-0.3, -0.25) is 10.1 Å². The van der Waals surface area contributed by atoms with Gasteiger partial charge in [0.2, 0.25) is 0 Å². The molecule has 2 saturated carbocycles. The lowest BCUT2D eigenvalue weighted by molar-refractivity contribution is -0.213. The molecule has 2 aliphatic carbocycles. The maximum Gasteiger partial charge on any atom is 0.326 e. The molecule has 1 saturated heterocycles. The number of esters is 1. The third-order valence-corrected chi connectivity index (χ3v) is 6.66. The van der Waals surface area contributed by atoms with Gasteiger partial charge in [-0.15, -0.1) is 0 Å². The van der Waals surface area contributed by atoms with E-state index in [1.807, 2.05) is 18.2 Å². The summed E-state index contributed by atoms with van der Waals surface area (Å²) in [7, 11) is 1.46. The molecular weight excluding hydrogens is 358 g/mol. The van der Waals surface area contributed by atoms with Crippen molar-refractivity contribution < 1.29 is 23.7 Å². The van der Waals surface area contributed by atoms with Gasteiger partial charge in [-0.2, -0.15) is 0 Å². The van der Waals surface area contributed by atoms with Crippen molar-refractivity contribution in [1.82, 2.24) is 5.32 Å². The van der Waals surface area contributed by atoms with Gasteiger partial charge < -0.3 is 18.9 Å². The summed E-state index contributed by atoms with van der Waals surface area (Å²) in [5, 5.41) is 3.53. The van der Waals surface area contributed by atoms with Crippen molar-refractivity contribution in [1.29, 1.82) is 0 Å². The Kier molecular flexibility index (Phi) is 5.74. The summed E-state index contributed by atoms with van der Waals surface area (Å²) in [6.45, 7) is 2.52. The van der Waals surface area contributed by atoms with Crippen molar-refractivity contribution in [3.63, 3.8) is 0 Å². The van der Waals surface area contributed by atoms with Crippen LogP contribution in [0, 0.1) is 0 Å². The number of carbonyl (C=O) groups excluding carboxylic acids is 1. The molecule has 0 aromatic heterocycles. The van der Waals surface area contributed by atoms with E-state index in [9.17, 15) is 4.79 Å². The van der Waals surface area contributed by atoms with Gasteiger partial charge in [-0.25, -0.2) is 0 Å². The Morgan fingerprint density at radius 2 is 1.71 bits per heavy atom. The number of ether oxygens (including phenoxy) is 4. The molecular formula is C22H31NO5. The molecule has 1 spiro atoms. The van der Waals surface area contributed by atoms with Crippen molar-refractivity contribution in [2.45, 2.75) is 68.5 Å². The highest BCUT2D eigenvalue weighted by Crippen LogP contribution is 2.43. The Morgan fingerprint density at radius 3 is 2.29 bits per heavy atom. The van der Waals surface area contributed by atoms with Crippen LogP contribution in [0.3, 0.4) is 0 Å². The van der Waals surface area contributed by atoms with Gasteiger partial charge >= 0.3 is 5.97 Å². The van der Waals surface area contributed by atoms with Crippen LogP contribution in [0.25, 0.3) is 0 Å². The first-order valence-electron chi connectivity index (χ1n) is 10.4. The topological polar surface area (TPSA) is 66.0 Å². The first kappa shape index (κ1) is 19.8. The number of methoxy groups -OCH3 is 1. The van der Waals surface area contributed by atoms with E-state index >= 15 is 0 Å². The third kappa shape index (κ3) is 3.96. The number of carbonyl (C=O) groups is 1. The Balaban J connectivity index is 1.44. The second kappa shape index (κ2) is 8.11. The monoisotopic (exact) mass is 389 g/mol. The highest BCUT2D eigenvalue weighted by atomic mass is 16.7. The molecule has 28 heavy (non-hydrogen) atoms. The standard InChI is InChI=1S/C22H31NO5/c1-25-19(24)21(8-5-9-21)23-17-20(28-16-18-6-3-2-4-7-18)10-12-22(13-11-20)26-14-15-27-22/h2-4,6-7,23H,5,8-17H2,1H3. The summed E-state index contributed by atoms with van der Waals surface area (Å²) in [4.78, 5) is 12.3. The van der Waals surface area contributed by atoms with Crippen LogP contribution in [0.5, 0.6) is 0 Å². The second-order valence-corrected chi connectivity index (χ2v) is 8.35. The zero-order chi connectivity index (χ0) is 19.5. The molecule has 0 bridgehead atoms. The van der Waals surface area contributed by atoms with Crippen LogP contribution >= 0.6 is 0 Å². The molecule has 3 fully saturated rings. The summed E-state index contributed by atoms with van der Waals surface area (Å²) in [6, 6.07) is 10.2. The Labute approximate surface area is 166 Å². The summed E-state index contributed by atoms with van der Waals surface area (Å²) in [6.07, 6.45) is 6.00. The van der Waals surface area contributed by atoms with Gasteiger partial charge in [0.05, 0.1) is 32.5 Å². The predicted molar refractivity (Wildman–Crippen MR) is 104 cm³/mol. The summed E-state index contributed by atoms with van der Waals surface area (Å²) >= 11 is 0. The van der Waals surface area contributed by atoms with Gasteiger partial charge in [-0.1, -0.05) is 30.3 Å². The average Bonchev–Trinajstić information content (AvgIpc) is 3.17. The quantitative estimate of drug-likeness (QED) is 0.724. The van der Waals surface area contributed by atoms with E-state index in [2.05, 4.69) is 17.4 Å². The maximum atomic E-state index is 12.3. The number of benzene rings is 1. The van der Waals surface area contributed by atoms with Gasteiger partial charge in [0.25, 0.3) is 0 Å². The molecule has 0 radical (unpaired) electrons. The maximum absolute atomic E-state index is 12.3. The van der Waals surface area contributed by atoms with E-state index in [1.54, 1.807) is 0 Å². The van der Waals surface area contributed by atoms with Crippen molar-refractivity contribution in [2.75, 3.05) is 26.9 Å². The van der Waals surface area contributed by atoms with Crippen LogP contribution in [0.2, 0.25) is 0 Å². The summed E-state index contributed by atoms with van der Waals surface area (Å²) < 4.78 is 23.4. The Morgan fingerprint density at radius 1 is 1.04 bits per heavy atom. The fourth-order valence-corrected chi connectivity index (χ4v) is 4.56. The molecule has 0 amide bonds. The largest absolute Gasteiger partial charge is 0.468 e. The third-order valence-electron chi connectivity index (χ3n) is 6.66. The van der Waals surface area contributed by atoms with Crippen LogP contribution in [0.1, 0.15) is 50.5 Å². The van der Waals surface area contributed by atoms with Crippen LogP contribution in [-0.2, 0) is 30.3 Å². The minimum atomic E-state index is -0.548. The summed E-state index contributed by atoms with van der Waals surface area (Å²) in [5.74, 6) is -0.595. The molecule has 0 atom stereocenters. The predicted octanol–water partition coefficient (Wildman–Crippen LogP) is 2.94. The highest BCUT2D eigenvalue weighted by Gasteiger charge is 2.50. The van der Waals surface area contributed by atoms with Gasteiger partial charge in [0.15, 0.2) is 5.79 Å². The molecule has 0 unspecified atom stereocenters. The number of hydrogen-bond donors (Lipinski definition) is 1. The molecule has 1 heterocycles. The highest BCUT2D eigenvalue weighted by molar-refractivity contribution is 5.81. The molecule has 1 aliphatic heterocycles. The van der Waals surface area contributed by atoms with Crippen LogP contribution in [0.4, 0.5) is 0 Å². The van der Waals surface area contributed by atoms with Gasteiger partial charge in [0, 0.05) is 19.4 Å². The van der Waals surface area contributed by atoms with E-state index < -0.39 is 11.3 Å². The van der Waals surface area contributed by atoms with Gasteiger partial charge in [0.1, 0.15) is 5.54 Å². The molecule has 6 heteroatoms. The van der Waals surface area contributed by atoms with E-state index in [4.69, 9.17) is 18.9 Å². The van der Waals surface area contributed by atoms with Crippen molar-refractivity contribution in [3.8, 4) is 0 Å². The van der Waals surface area contributed by atoms with Crippen molar-refractivity contribution >= 4 is 5.97 Å². The fraction of sp³-hybridized carbons (Fsp3) is 0.682. The zero-order valence-corrected chi connectivity index (χ0v) is 16.7. The molecule has 1 N–H and O–H groups in total. The molecule has 154 valence electrons. The lowest BCUT2D eigenvalue weighted by Gasteiger charge is -2.47. The van der Waals surface area contributed by atoms with Crippen LogP contribution in [0.15, 0.2) is 30.3 Å². The minimum Gasteiger partial charge on any atom is -0.468 e. The van der Waals surface area contributed by atoms with E-state index in [-0.39, 0.29) is 11.6 Å². The van der Waals surface area contributed by atoms with E-state index in [0.717, 1.165) is 50.5 Å². The first-order chi connectivity index (χ1) is 13.6. The molecule has 6 nitrogen and oxygen atoms in total. The normalized spacial score (nSPS) is 24.6. The van der Waals surface area contributed by atoms with Crippen LogP contribution < -0.4 is 5.32 Å². The van der Waals surface area contributed by atoms with Crippen LogP contribution in [-0.4, -0.2) is 49.8 Å². The Hall–Kier alpha value is -1.47. The fourth-order valence-electron chi connectivity index (χ4n) is 4.56. The molecule has 3 aliphatic rings. The second-order valence-electron chi connectivity index (χ2n) is 8.35. The van der Waals surface area contributed by atoms with Crippen molar-refractivity contribution in [2.24, 2.45) is 0 Å². The Bertz CT molecular complexity index is 657. The number of hydrogen-bond acceptors (Lipinski definition) is 6. The van der Waals surface area contributed by atoms with Crippen molar-refractivity contribution in [3.05, 3.63) is 35.9 Å². The SMILES string of the molecule is COC(=O)C1(NCC2(OCc3ccccc3)CCC3(CC2)OCCO3)CCC1. The lowest BCUT2D eigenvalue weighted by atomic mass is 9.75. The zero-order valence-electron chi connectivity index (χ0n) is 16.7. The molecule has 1 aromatic rings. The average molecular weight is 389 g/mol. The summed E-state index contributed by atoms with van der Waals surface area (Å²) in [5.41, 5.74) is 0.266. The minimum absolute atomic E-state index is 0.160. The first-order valence-corrected chi connectivity index (χ1v) is 10.4. The van der Waals surface area contributed by atoms with E-state index in [0.29, 0.717) is 26.4 Å². The lowest BCUT2D eigenvalue weighted by Crippen LogP contribution is -2.62.